The first-order valence-corrected chi connectivity index (χ1v) is 13.0. The van der Waals surface area contributed by atoms with Crippen LogP contribution >= 0.6 is 34.7 Å². The molecule has 0 saturated heterocycles. The first-order valence-electron chi connectivity index (χ1n) is 9.29. The molecule has 0 aliphatic carbocycles. The van der Waals surface area contributed by atoms with Gasteiger partial charge in [-0.05, 0) is 36.4 Å². The van der Waals surface area contributed by atoms with Gasteiger partial charge in [0.1, 0.15) is 0 Å². The van der Waals surface area contributed by atoms with Gasteiger partial charge in [-0.1, -0.05) is 65.0 Å². The summed E-state index contributed by atoms with van der Waals surface area (Å²) < 4.78 is 31.1. The quantitative estimate of drug-likeness (QED) is 0.199. The number of benzene rings is 2. The predicted molar refractivity (Wildman–Crippen MR) is 125 cm³/mol. The summed E-state index contributed by atoms with van der Waals surface area (Å²) in [4.78, 5) is 24.6. The number of sulfone groups is 1. The van der Waals surface area contributed by atoms with Gasteiger partial charge in [-0.3, -0.25) is 14.9 Å². The summed E-state index contributed by atoms with van der Waals surface area (Å²) in [6.07, 6.45) is 0. The molecule has 2 aromatic carbocycles. The van der Waals surface area contributed by atoms with Crippen LogP contribution in [0.15, 0.2) is 85.5 Å². The molecule has 12 heteroatoms. The number of anilines is 1. The van der Waals surface area contributed by atoms with Crippen LogP contribution in [0.25, 0.3) is 0 Å². The predicted octanol–water partition coefficient (Wildman–Crippen LogP) is 4.84. The largest absolute Gasteiger partial charge is 0.439 e. The molecule has 1 amide bonds. The molecule has 8 nitrogen and oxygen atoms in total. The Balaban J connectivity index is 1.38. The highest BCUT2D eigenvalue weighted by Crippen LogP contribution is 2.28. The molecule has 0 bridgehead atoms. The van der Waals surface area contributed by atoms with Crippen molar-refractivity contribution in [3.63, 3.8) is 0 Å². The number of Topliss-reactive ketones (excluding diaryl/α,β-unsaturated/α-hetero) is 1. The van der Waals surface area contributed by atoms with Gasteiger partial charge in [0.25, 0.3) is 5.91 Å². The molecular formula is C21H14ClN3O5S3. The Morgan fingerprint density at radius 2 is 1.73 bits per heavy atom. The van der Waals surface area contributed by atoms with Crippen LogP contribution in [-0.2, 0) is 9.84 Å². The number of ketones is 1. The molecule has 2 heterocycles. The van der Waals surface area contributed by atoms with Crippen molar-refractivity contribution in [3.05, 3.63) is 83.1 Å². The molecule has 0 aliphatic rings. The van der Waals surface area contributed by atoms with Gasteiger partial charge in [-0.25, -0.2) is 8.42 Å². The zero-order valence-corrected chi connectivity index (χ0v) is 19.8. The Bertz CT molecular complexity index is 1400. The van der Waals surface area contributed by atoms with E-state index in [1.165, 1.54) is 48.2 Å². The maximum absolute atomic E-state index is 12.7. The number of amides is 1. The second-order valence-electron chi connectivity index (χ2n) is 6.48. The molecule has 0 spiro atoms. The number of furan rings is 1. The summed E-state index contributed by atoms with van der Waals surface area (Å²) >= 11 is 8.09. The Hall–Kier alpha value is -2.99. The Morgan fingerprint density at radius 1 is 1.00 bits per heavy atom. The molecule has 0 radical (unpaired) electrons. The maximum atomic E-state index is 12.7. The summed E-state index contributed by atoms with van der Waals surface area (Å²) in [6.45, 7) is 0. The van der Waals surface area contributed by atoms with E-state index < -0.39 is 15.7 Å². The summed E-state index contributed by atoms with van der Waals surface area (Å²) in [7, 11) is -3.94. The van der Waals surface area contributed by atoms with Crippen molar-refractivity contribution < 1.29 is 22.4 Å². The highest BCUT2D eigenvalue weighted by molar-refractivity contribution is 8.01. The van der Waals surface area contributed by atoms with Crippen molar-refractivity contribution >= 4 is 61.4 Å². The van der Waals surface area contributed by atoms with E-state index in [2.05, 4.69) is 15.5 Å². The van der Waals surface area contributed by atoms with Crippen molar-refractivity contribution in [1.29, 1.82) is 0 Å². The number of hydrogen-bond donors (Lipinski definition) is 1. The molecule has 168 valence electrons. The monoisotopic (exact) mass is 519 g/mol. The summed E-state index contributed by atoms with van der Waals surface area (Å²) in [5.74, 6) is -0.755. The second kappa shape index (κ2) is 9.87. The fourth-order valence-corrected chi connectivity index (χ4v) is 5.57. The molecule has 2 aromatic heterocycles. The number of thioether (sulfide) groups is 1. The minimum absolute atomic E-state index is 0.0101. The zero-order chi connectivity index (χ0) is 23.4. The Kier molecular flexibility index (Phi) is 6.94. The third-order valence-electron chi connectivity index (χ3n) is 4.24. The maximum Gasteiger partial charge on any atom is 0.293 e. The highest BCUT2D eigenvalue weighted by atomic mass is 35.5. The average molecular weight is 520 g/mol. The van der Waals surface area contributed by atoms with Crippen LogP contribution in [0.3, 0.4) is 0 Å². The van der Waals surface area contributed by atoms with E-state index in [1.54, 1.807) is 24.3 Å². The topological polar surface area (TPSA) is 119 Å². The van der Waals surface area contributed by atoms with Gasteiger partial charge >= 0.3 is 0 Å². The van der Waals surface area contributed by atoms with Gasteiger partial charge in [0.2, 0.25) is 20.1 Å². The molecular weight excluding hydrogens is 506 g/mol. The van der Waals surface area contributed by atoms with E-state index in [9.17, 15) is 18.0 Å². The molecule has 4 aromatic rings. The first-order chi connectivity index (χ1) is 15.8. The zero-order valence-electron chi connectivity index (χ0n) is 16.6. The highest BCUT2D eigenvalue weighted by Gasteiger charge is 2.24. The molecule has 4 rings (SSSR count). The van der Waals surface area contributed by atoms with E-state index in [0.29, 0.717) is 14.9 Å². The number of nitrogens with one attached hydrogen (secondary N) is 1. The van der Waals surface area contributed by atoms with Gasteiger partial charge in [0, 0.05) is 10.6 Å². The minimum atomic E-state index is -3.94. The molecule has 0 saturated carbocycles. The lowest BCUT2D eigenvalue weighted by atomic mass is 10.2. The Labute approximate surface area is 201 Å². The van der Waals surface area contributed by atoms with Gasteiger partial charge in [0.15, 0.2) is 15.9 Å². The van der Waals surface area contributed by atoms with Gasteiger partial charge in [-0.2, -0.15) is 0 Å². The van der Waals surface area contributed by atoms with E-state index in [-0.39, 0.29) is 32.4 Å². The van der Waals surface area contributed by atoms with Crippen molar-refractivity contribution in [2.24, 2.45) is 0 Å². The number of hydrogen-bond acceptors (Lipinski definition) is 9. The molecule has 0 aliphatic heterocycles. The number of rotatable bonds is 8. The molecule has 0 fully saturated rings. The fourth-order valence-electron chi connectivity index (χ4n) is 2.63. The standard InChI is InChI=1S/C21H14ClN3O5S3/c22-14-6-8-15(9-7-14)33(28,29)18-11-10-17(30-18)19(27)23-20-24-25-21(32-20)31-12-16(26)13-4-2-1-3-5-13/h1-11H,12H2,(H,23,24,27). The van der Waals surface area contributed by atoms with Crippen LogP contribution in [0.5, 0.6) is 0 Å². The van der Waals surface area contributed by atoms with Crippen LogP contribution in [-0.4, -0.2) is 36.1 Å². The number of carbonyl (C=O) groups is 2. The molecule has 33 heavy (non-hydrogen) atoms. The van der Waals surface area contributed by atoms with Crippen molar-refractivity contribution in [3.8, 4) is 0 Å². The smallest absolute Gasteiger partial charge is 0.293 e. The van der Waals surface area contributed by atoms with E-state index >= 15 is 0 Å². The number of carbonyl (C=O) groups excluding carboxylic acids is 2. The first kappa shape index (κ1) is 23.2. The van der Waals surface area contributed by atoms with Crippen LogP contribution in [0.4, 0.5) is 5.13 Å². The minimum Gasteiger partial charge on any atom is -0.439 e. The number of halogens is 1. The van der Waals surface area contributed by atoms with E-state index in [0.717, 1.165) is 11.3 Å². The SMILES string of the molecule is O=C(CSc1nnc(NC(=O)c2ccc(S(=O)(=O)c3ccc(Cl)cc3)o2)s1)c1ccccc1. The molecule has 1 N–H and O–H groups in total. The Morgan fingerprint density at radius 3 is 2.45 bits per heavy atom. The molecule has 0 atom stereocenters. The van der Waals surface area contributed by atoms with Crippen molar-refractivity contribution in [2.75, 3.05) is 11.1 Å². The van der Waals surface area contributed by atoms with Crippen LogP contribution in [0.2, 0.25) is 5.02 Å². The third kappa shape index (κ3) is 5.50. The summed E-state index contributed by atoms with van der Waals surface area (Å²) in [6, 6.07) is 16.9. The van der Waals surface area contributed by atoms with Crippen LogP contribution in [0, 0.1) is 0 Å². The number of nitrogens with zero attached hydrogens (tertiary/aromatic N) is 2. The lowest BCUT2D eigenvalue weighted by Gasteiger charge is -2.01. The van der Waals surface area contributed by atoms with Gasteiger partial charge in [0.05, 0.1) is 10.6 Å². The normalized spacial score (nSPS) is 11.3. The second-order valence-corrected chi connectivity index (χ2v) is 11.0. The van der Waals surface area contributed by atoms with Crippen molar-refractivity contribution in [1.82, 2.24) is 10.2 Å². The number of aromatic nitrogens is 2. The lowest BCUT2D eigenvalue weighted by Crippen LogP contribution is -2.10. The van der Waals surface area contributed by atoms with Crippen LogP contribution < -0.4 is 5.32 Å². The lowest BCUT2D eigenvalue weighted by molar-refractivity contribution is 0.0989. The fraction of sp³-hybridized carbons (Fsp3) is 0.0476. The summed E-state index contributed by atoms with van der Waals surface area (Å²) in [5, 5.41) is 10.5. The van der Waals surface area contributed by atoms with Gasteiger partial charge in [-0.15, -0.1) is 10.2 Å². The average Bonchev–Trinajstić information content (AvgIpc) is 3.49. The van der Waals surface area contributed by atoms with Crippen molar-refractivity contribution in [2.45, 2.75) is 14.3 Å². The van der Waals surface area contributed by atoms with Crippen LogP contribution in [0.1, 0.15) is 20.9 Å². The third-order valence-corrected chi connectivity index (χ3v) is 8.11. The van der Waals surface area contributed by atoms with E-state index in [1.807, 2.05) is 6.07 Å². The van der Waals surface area contributed by atoms with Gasteiger partial charge < -0.3 is 4.42 Å². The molecule has 0 unspecified atom stereocenters. The van der Waals surface area contributed by atoms with E-state index in [4.69, 9.17) is 16.0 Å². The summed E-state index contributed by atoms with van der Waals surface area (Å²) in [5.41, 5.74) is 0.602.